The summed E-state index contributed by atoms with van der Waals surface area (Å²) >= 11 is 0. The van der Waals surface area contributed by atoms with Gasteiger partial charge in [-0.1, -0.05) is 32.8 Å². The van der Waals surface area contributed by atoms with E-state index in [2.05, 4.69) is 51.2 Å². The van der Waals surface area contributed by atoms with Gasteiger partial charge >= 0.3 is 0 Å². The Balaban J connectivity index is 2.26. The monoisotopic (exact) mass is 302 g/mol. The van der Waals surface area contributed by atoms with Crippen LogP contribution < -0.4 is 10.2 Å². The third-order valence-electron chi connectivity index (χ3n) is 4.53. The Labute approximate surface area is 135 Å². The van der Waals surface area contributed by atoms with Crippen LogP contribution in [0.25, 0.3) is 0 Å². The highest BCUT2D eigenvalue weighted by Crippen LogP contribution is 2.40. The van der Waals surface area contributed by atoms with Gasteiger partial charge in [-0.05, 0) is 50.3 Å². The second kappa shape index (κ2) is 6.72. The van der Waals surface area contributed by atoms with E-state index >= 15 is 0 Å². The lowest BCUT2D eigenvalue weighted by Crippen LogP contribution is -2.37. The van der Waals surface area contributed by atoms with Crippen molar-refractivity contribution in [3.63, 3.8) is 0 Å². The van der Waals surface area contributed by atoms with Crippen LogP contribution in [0.2, 0.25) is 0 Å². The summed E-state index contributed by atoms with van der Waals surface area (Å²) in [6.45, 7) is 11.4. The van der Waals surface area contributed by atoms with E-state index in [9.17, 15) is 4.79 Å². The van der Waals surface area contributed by atoms with Crippen LogP contribution >= 0.6 is 0 Å². The molecule has 0 saturated heterocycles. The van der Waals surface area contributed by atoms with E-state index < -0.39 is 0 Å². The number of unbranched alkanes of at least 4 members (excludes halogenated alkanes) is 2. The molecule has 0 aliphatic carbocycles. The van der Waals surface area contributed by atoms with Crippen molar-refractivity contribution >= 4 is 17.3 Å². The lowest BCUT2D eigenvalue weighted by Gasteiger charge is -2.38. The molecule has 122 valence electrons. The summed E-state index contributed by atoms with van der Waals surface area (Å²) in [4.78, 5) is 13.9. The van der Waals surface area contributed by atoms with Gasteiger partial charge in [0.05, 0.1) is 0 Å². The second-order valence-electron chi connectivity index (χ2n) is 7.26. The predicted molar refractivity (Wildman–Crippen MR) is 94.7 cm³/mol. The van der Waals surface area contributed by atoms with Gasteiger partial charge in [-0.25, -0.2) is 0 Å². The van der Waals surface area contributed by atoms with Gasteiger partial charge in [0.25, 0.3) is 0 Å². The number of carbonyl (C=O) groups excluding carboxylic acids is 1. The van der Waals surface area contributed by atoms with E-state index in [0.717, 1.165) is 31.5 Å². The molecular formula is C19H30N2O. The molecule has 1 aromatic carbocycles. The molecule has 0 spiro atoms. The van der Waals surface area contributed by atoms with Crippen molar-refractivity contribution < 1.29 is 4.79 Å². The molecule has 1 heterocycles. The van der Waals surface area contributed by atoms with E-state index in [0.29, 0.717) is 5.92 Å². The largest absolute Gasteiger partial charge is 0.380 e. The van der Waals surface area contributed by atoms with E-state index in [1.165, 1.54) is 17.7 Å². The smallest absolute Gasteiger partial charge is 0.223 e. The average molecular weight is 302 g/mol. The zero-order valence-corrected chi connectivity index (χ0v) is 14.7. The van der Waals surface area contributed by atoms with Crippen molar-refractivity contribution in [2.24, 2.45) is 0 Å². The topological polar surface area (TPSA) is 32.3 Å². The molecule has 1 atom stereocenters. The molecule has 1 aromatic rings. The summed E-state index contributed by atoms with van der Waals surface area (Å²) in [6, 6.07) is 6.44. The number of benzene rings is 1. The Morgan fingerprint density at radius 1 is 1.36 bits per heavy atom. The van der Waals surface area contributed by atoms with Gasteiger partial charge in [0, 0.05) is 30.4 Å². The van der Waals surface area contributed by atoms with Crippen LogP contribution in [0, 0.1) is 0 Å². The minimum Gasteiger partial charge on any atom is -0.380 e. The van der Waals surface area contributed by atoms with E-state index in [1.807, 2.05) is 4.90 Å². The molecule has 0 radical (unpaired) electrons. The number of rotatable bonds is 5. The lowest BCUT2D eigenvalue weighted by atomic mass is 9.82. The highest BCUT2D eigenvalue weighted by molar-refractivity contribution is 5.92. The van der Waals surface area contributed by atoms with E-state index in [1.54, 1.807) is 6.92 Å². The fourth-order valence-electron chi connectivity index (χ4n) is 3.53. The average Bonchev–Trinajstić information content (AvgIpc) is 2.41. The third kappa shape index (κ3) is 3.82. The third-order valence-corrected chi connectivity index (χ3v) is 4.53. The van der Waals surface area contributed by atoms with Gasteiger partial charge < -0.3 is 10.2 Å². The maximum absolute atomic E-state index is 12.0. The van der Waals surface area contributed by atoms with Crippen LogP contribution in [0.4, 0.5) is 11.4 Å². The predicted octanol–water partition coefficient (Wildman–Crippen LogP) is 4.93. The Morgan fingerprint density at radius 3 is 2.73 bits per heavy atom. The maximum Gasteiger partial charge on any atom is 0.223 e. The fourth-order valence-corrected chi connectivity index (χ4v) is 3.53. The Kier molecular flexibility index (Phi) is 5.15. The van der Waals surface area contributed by atoms with Gasteiger partial charge in [0.2, 0.25) is 5.91 Å². The van der Waals surface area contributed by atoms with Crippen molar-refractivity contribution in [3.8, 4) is 0 Å². The molecule has 3 nitrogen and oxygen atoms in total. The first-order chi connectivity index (χ1) is 10.3. The molecule has 1 N–H and O–H groups in total. The molecule has 1 unspecified atom stereocenters. The van der Waals surface area contributed by atoms with Gasteiger partial charge in [0.15, 0.2) is 0 Å². The minimum atomic E-state index is 0.105. The van der Waals surface area contributed by atoms with Crippen molar-refractivity contribution in [1.82, 2.24) is 0 Å². The van der Waals surface area contributed by atoms with E-state index in [4.69, 9.17) is 0 Å². The number of carbonyl (C=O) groups is 1. The Bertz CT molecular complexity index is 536. The number of hydrogen-bond donors (Lipinski definition) is 1. The van der Waals surface area contributed by atoms with E-state index in [-0.39, 0.29) is 11.4 Å². The molecule has 0 aromatic heterocycles. The standard InChI is InChI=1S/C19H30N2O/c1-6-7-8-11-21(15(3)22)16-9-10-17-14(2)13-19(4,5)20-18(17)12-16/h9-10,12,14,20H,6-8,11,13H2,1-5H3. The van der Waals surface area contributed by atoms with Crippen LogP contribution in [0.1, 0.15) is 71.8 Å². The van der Waals surface area contributed by atoms with Crippen molar-refractivity contribution in [2.75, 3.05) is 16.8 Å². The summed E-state index contributed by atoms with van der Waals surface area (Å²) < 4.78 is 0. The normalized spacial score (nSPS) is 19.2. The SMILES string of the molecule is CCCCCN(C(C)=O)c1ccc2c(c1)NC(C)(C)CC2C. The zero-order valence-electron chi connectivity index (χ0n) is 14.7. The van der Waals surface area contributed by atoms with Gasteiger partial charge in [-0.3, -0.25) is 4.79 Å². The summed E-state index contributed by atoms with van der Waals surface area (Å²) in [5.74, 6) is 0.672. The quantitative estimate of drug-likeness (QED) is 0.782. The van der Waals surface area contributed by atoms with Crippen molar-refractivity contribution in [3.05, 3.63) is 23.8 Å². The molecule has 22 heavy (non-hydrogen) atoms. The number of amides is 1. The maximum atomic E-state index is 12.0. The molecule has 1 aliphatic heterocycles. The first-order valence-electron chi connectivity index (χ1n) is 8.54. The number of anilines is 2. The number of fused-ring (bicyclic) bond motifs is 1. The summed E-state index contributed by atoms with van der Waals surface area (Å²) in [5, 5.41) is 3.63. The lowest BCUT2D eigenvalue weighted by molar-refractivity contribution is -0.116. The fraction of sp³-hybridized carbons (Fsp3) is 0.632. The first-order valence-corrected chi connectivity index (χ1v) is 8.54. The minimum absolute atomic E-state index is 0.105. The van der Waals surface area contributed by atoms with Crippen molar-refractivity contribution in [2.45, 2.75) is 71.8 Å². The number of nitrogens with zero attached hydrogens (tertiary/aromatic N) is 1. The van der Waals surface area contributed by atoms with Crippen LogP contribution in [-0.4, -0.2) is 18.0 Å². The molecule has 1 amide bonds. The Hall–Kier alpha value is -1.51. The molecule has 3 heteroatoms. The number of hydrogen-bond acceptors (Lipinski definition) is 2. The van der Waals surface area contributed by atoms with Gasteiger partial charge in [-0.2, -0.15) is 0 Å². The first kappa shape index (κ1) is 16.9. The van der Waals surface area contributed by atoms with Crippen LogP contribution in [0.3, 0.4) is 0 Å². The molecule has 0 bridgehead atoms. The van der Waals surface area contributed by atoms with Crippen molar-refractivity contribution in [1.29, 1.82) is 0 Å². The van der Waals surface area contributed by atoms with Gasteiger partial charge in [-0.15, -0.1) is 0 Å². The van der Waals surface area contributed by atoms with Crippen LogP contribution in [0.5, 0.6) is 0 Å². The summed E-state index contributed by atoms with van der Waals surface area (Å²) in [7, 11) is 0. The second-order valence-corrected chi connectivity index (χ2v) is 7.26. The summed E-state index contributed by atoms with van der Waals surface area (Å²) in [5.41, 5.74) is 3.66. The molecule has 1 aliphatic rings. The molecule has 2 rings (SSSR count). The summed E-state index contributed by atoms with van der Waals surface area (Å²) in [6.07, 6.45) is 4.52. The highest BCUT2D eigenvalue weighted by atomic mass is 16.2. The van der Waals surface area contributed by atoms with Crippen LogP contribution in [-0.2, 0) is 4.79 Å². The van der Waals surface area contributed by atoms with Crippen LogP contribution in [0.15, 0.2) is 18.2 Å². The molecule has 0 saturated carbocycles. The Morgan fingerprint density at radius 2 is 2.09 bits per heavy atom. The number of nitrogens with one attached hydrogen (secondary N) is 1. The van der Waals surface area contributed by atoms with Gasteiger partial charge in [0.1, 0.15) is 0 Å². The highest BCUT2D eigenvalue weighted by Gasteiger charge is 2.29. The zero-order chi connectivity index (χ0) is 16.3. The molecular weight excluding hydrogens is 272 g/mol. The molecule has 0 fully saturated rings.